The van der Waals surface area contributed by atoms with Gasteiger partial charge in [0, 0.05) is 12.0 Å². The molecule has 2 aliphatic rings. The second-order valence-electron chi connectivity index (χ2n) is 6.35. The number of ketones is 1. The number of hydrogen-bond acceptors (Lipinski definition) is 1. The summed E-state index contributed by atoms with van der Waals surface area (Å²) in [5.41, 5.74) is 2.35. The van der Waals surface area contributed by atoms with Crippen molar-refractivity contribution in [3.05, 3.63) is 35.4 Å². The Balaban J connectivity index is 1.71. The summed E-state index contributed by atoms with van der Waals surface area (Å²) in [5, 5.41) is 0. The number of rotatable bonds is 4. The van der Waals surface area contributed by atoms with E-state index in [9.17, 15) is 4.79 Å². The smallest absolute Gasteiger partial charge is 0.163 e. The molecule has 2 saturated carbocycles. The largest absolute Gasteiger partial charge is 0.294 e. The fourth-order valence-corrected chi connectivity index (χ4v) is 3.59. The molecule has 0 aromatic heterocycles. The number of Topliss-reactive ketones (excluding diaryl/α,β-unsaturated/α-hetero) is 1. The van der Waals surface area contributed by atoms with Gasteiger partial charge >= 0.3 is 0 Å². The molecule has 1 aromatic carbocycles. The molecule has 0 amide bonds. The standard InChI is InChI=1S/C18H24O/c19-18(13-14-7-2-1-3-8-14)17-12-5-4-11-16(17)15-9-6-10-15/h4-5,11-12,14-15H,1-3,6-10,13H2. The van der Waals surface area contributed by atoms with Crippen LogP contribution in [0.1, 0.15) is 79.6 Å². The fraction of sp³-hybridized carbons (Fsp3) is 0.611. The van der Waals surface area contributed by atoms with E-state index >= 15 is 0 Å². The van der Waals surface area contributed by atoms with E-state index in [4.69, 9.17) is 0 Å². The third-order valence-electron chi connectivity index (χ3n) is 5.01. The van der Waals surface area contributed by atoms with E-state index in [2.05, 4.69) is 18.2 Å². The van der Waals surface area contributed by atoms with Crippen LogP contribution in [0.25, 0.3) is 0 Å². The molecule has 1 nitrogen and oxygen atoms in total. The lowest BCUT2D eigenvalue weighted by Crippen LogP contribution is -2.17. The molecule has 0 unspecified atom stereocenters. The van der Waals surface area contributed by atoms with Crippen LogP contribution in [0.4, 0.5) is 0 Å². The van der Waals surface area contributed by atoms with E-state index in [-0.39, 0.29) is 0 Å². The van der Waals surface area contributed by atoms with Crippen LogP contribution in [-0.2, 0) is 0 Å². The highest BCUT2D eigenvalue weighted by Crippen LogP contribution is 2.38. The Morgan fingerprint density at radius 1 is 0.947 bits per heavy atom. The minimum absolute atomic E-state index is 0.398. The van der Waals surface area contributed by atoms with Crippen molar-refractivity contribution in [3.8, 4) is 0 Å². The maximum absolute atomic E-state index is 12.6. The number of carbonyl (C=O) groups excluding carboxylic acids is 1. The molecule has 19 heavy (non-hydrogen) atoms. The first kappa shape index (κ1) is 12.9. The molecular weight excluding hydrogens is 232 g/mol. The summed E-state index contributed by atoms with van der Waals surface area (Å²) in [6.07, 6.45) is 11.2. The van der Waals surface area contributed by atoms with Crippen LogP contribution in [0, 0.1) is 5.92 Å². The first-order chi connectivity index (χ1) is 9.34. The van der Waals surface area contributed by atoms with Gasteiger partial charge in [-0.3, -0.25) is 4.79 Å². The zero-order valence-electron chi connectivity index (χ0n) is 11.7. The highest BCUT2D eigenvalue weighted by molar-refractivity contribution is 5.97. The van der Waals surface area contributed by atoms with Crippen LogP contribution >= 0.6 is 0 Å². The van der Waals surface area contributed by atoms with Gasteiger partial charge in [0.05, 0.1) is 0 Å². The van der Waals surface area contributed by atoms with E-state index in [0.29, 0.717) is 17.6 Å². The third-order valence-corrected chi connectivity index (χ3v) is 5.01. The average molecular weight is 256 g/mol. The normalized spacial score (nSPS) is 21.1. The minimum atomic E-state index is 0.398. The zero-order valence-corrected chi connectivity index (χ0v) is 11.7. The van der Waals surface area contributed by atoms with Crippen LogP contribution in [0.15, 0.2) is 24.3 Å². The summed E-state index contributed by atoms with van der Waals surface area (Å²) in [7, 11) is 0. The minimum Gasteiger partial charge on any atom is -0.294 e. The second kappa shape index (κ2) is 5.90. The molecule has 0 radical (unpaired) electrons. The number of carbonyl (C=O) groups is 1. The Kier molecular flexibility index (Phi) is 4.00. The van der Waals surface area contributed by atoms with Gasteiger partial charge < -0.3 is 0 Å². The topological polar surface area (TPSA) is 17.1 Å². The first-order valence-electron chi connectivity index (χ1n) is 7.96. The maximum Gasteiger partial charge on any atom is 0.163 e. The molecule has 1 aromatic rings. The van der Waals surface area contributed by atoms with Gasteiger partial charge in [-0.1, -0.05) is 62.8 Å². The predicted octanol–water partition coefficient (Wildman–Crippen LogP) is 5.11. The van der Waals surface area contributed by atoms with Crippen LogP contribution in [0.2, 0.25) is 0 Å². The van der Waals surface area contributed by atoms with Crippen molar-refractivity contribution >= 4 is 5.78 Å². The lowest BCUT2D eigenvalue weighted by Gasteiger charge is -2.28. The molecule has 0 atom stereocenters. The molecule has 0 bridgehead atoms. The molecule has 2 fully saturated rings. The van der Waals surface area contributed by atoms with E-state index in [1.807, 2.05) is 6.07 Å². The lowest BCUT2D eigenvalue weighted by molar-refractivity contribution is 0.0948. The zero-order chi connectivity index (χ0) is 13.1. The predicted molar refractivity (Wildman–Crippen MR) is 78.6 cm³/mol. The van der Waals surface area contributed by atoms with Crippen molar-refractivity contribution in [3.63, 3.8) is 0 Å². The maximum atomic E-state index is 12.6. The highest BCUT2D eigenvalue weighted by atomic mass is 16.1. The quantitative estimate of drug-likeness (QED) is 0.684. The number of benzene rings is 1. The SMILES string of the molecule is O=C(CC1CCCCC1)c1ccccc1C1CCC1. The molecule has 0 aliphatic heterocycles. The molecule has 0 spiro atoms. The average Bonchev–Trinajstić information content (AvgIpc) is 2.38. The van der Waals surface area contributed by atoms with E-state index in [1.54, 1.807) is 0 Å². The van der Waals surface area contributed by atoms with Crippen molar-refractivity contribution in [2.75, 3.05) is 0 Å². The fourth-order valence-electron chi connectivity index (χ4n) is 3.59. The molecule has 0 saturated heterocycles. The summed E-state index contributed by atoms with van der Waals surface area (Å²) in [6, 6.07) is 8.35. The molecule has 0 N–H and O–H groups in total. The summed E-state index contributed by atoms with van der Waals surface area (Å²) >= 11 is 0. The van der Waals surface area contributed by atoms with E-state index in [0.717, 1.165) is 12.0 Å². The van der Waals surface area contributed by atoms with Gasteiger partial charge in [0.1, 0.15) is 0 Å². The molecule has 2 aliphatic carbocycles. The van der Waals surface area contributed by atoms with Gasteiger partial charge in [0.2, 0.25) is 0 Å². The Morgan fingerprint density at radius 3 is 2.37 bits per heavy atom. The van der Waals surface area contributed by atoms with Gasteiger partial charge in [0.15, 0.2) is 5.78 Å². The molecule has 0 heterocycles. The first-order valence-corrected chi connectivity index (χ1v) is 7.96. The van der Waals surface area contributed by atoms with Crippen LogP contribution in [0.5, 0.6) is 0 Å². The Morgan fingerprint density at radius 2 is 1.68 bits per heavy atom. The molecule has 102 valence electrons. The monoisotopic (exact) mass is 256 g/mol. The van der Waals surface area contributed by atoms with Crippen LogP contribution in [-0.4, -0.2) is 5.78 Å². The van der Waals surface area contributed by atoms with Crippen molar-refractivity contribution in [2.24, 2.45) is 5.92 Å². The summed E-state index contributed by atoms with van der Waals surface area (Å²) < 4.78 is 0. The second-order valence-corrected chi connectivity index (χ2v) is 6.35. The highest BCUT2D eigenvalue weighted by Gasteiger charge is 2.25. The van der Waals surface area contributed by atoms with Crippen molar-refractivity contribution < 1.29 is 4.79 Å². The molecule has 1 heteroatoms. The van der Waals surface area contributed by atoms with Crippen LogP contribution < -0.4 is 0 Å². The molecule has 3 rings (SSSR count). The van der Waals surface area contributed by atoms with E-state index < -0.39 is 0 Å². The molecular formula is C18H24O. The van der Waals surface area contributed by atoms with E-state index in [1.165, 1.54) is 56.9 Å². The van der Waals surface area contributed by atoms with Crippen molar-refractivity contribution in [1.82, 2.24) is 0 Å². The van der Waals surface area contributed by atoms with Gasteiger partial charge in [-0.15, -0.1) is 0 Å². The summed E-state index contributed by atoms with van der Waals surface area (Å²) in [5.74, 6) is 1.71. The summed E-state index contributed by atoms with van der Waals surface area (Å²) in [4.78, 5) is 12.6. The Bertz CT molecular complexity index is 439. The van der Waals surface area contributed by atoms with Crippen LogP contribution in [0.3, 0.4) is 0 Å². The lowest BCUT2D eigenvalue weighted by atomic mass is 9.76. The van der Waals surface area contributed by atoms with Crippen molar-refractivity contribution in [2.45, 2.75) is 63.7 Å². The van der Waals surface area contributed by atoms with Gasteiger partial charge in [-0.25, -0.2) is 0 Å². The Labute approximate surface area is 116 Å². The third kappa shape index (κ3) is 2.91. The van der Waals surface area contributed by atoms with Crippen molar-refractivity contribution in [1.29, 1.82) is 0 Å². The number of hydrogen-bond donors (Lipinski definition) is 0. The Hall–Kier alpha value is -1.11. The van der Waals surface area contributed by atoms with Gasteiger partial charge in [-0.05, 0) is 30.2 Å². The van der Waals surface area contributed by atoms with Gasteiger partial charge in [-0.2, -0.15) is 0 Å². The summed E-state index contributed by atoms with van der Waals surface area (Å²) in [6.45, 7) is 0. The van der Waals surface area contributed by atoms with Gasteiger partial charge in [0.25, 0.3) is 0 Å².